The Labute approximate surface area is 134 Å². The van der Waals surface area contributed by atoms with E-state index in [9.17, 15) is 4.79 Å². The van der Waals surface area contributed by atoms with Crippen LogP contribution in [0.3, 0.4) is 0 Å². The van der Waals surface area contributed by atoms with E-state index in [0.29, 0.717) is 21.9 Å². The molecule has 1 rings (SSSR count). The Morgan fingerprint density at radius 2 is 1.95 bits per heavy atom. The third-order valence-corrected chi connectivity index (χ3v) is 4.03. The molecule has 4 nitrogen and oxygen atoms in total. The molecule has 1 aromatic heterocycles. The maximum Gasteiger partial charge on any atom is 0.264 e. The minimum atomic E-state index is -0.205. The predicted octanol–water partition coefficient (Wildman–Crippen LogP) is 3.70. The topological polar surface area (TPSA) is 55.0 Å². The molecular formula is C15H25IN2O2. The lowest BCUT2D eigenvalue weighted by atomic mass is 9.88. The Morgan fingerprint density at radius 1 is 1.35 bits per heavy atom. The zero-order valence-corrected chi connectivity index (χ0v) is 15.4. The molecule has 0 bridgehead atoms. The number of ether oxygens (including phenoxy) is 1. The van der Waals surface area contributed by atoms with Gasteiger partial charge in [0.1, 0.15) is 11.9 Å². The first-order chi connectivity index (χ1) is 9.16. The second-order valence-corrected chi connectivity index (χ2v) is 7.59. The first-order valence-electron chi connectivity index (χ1n) is 7.07. The molecule has 0 amide bonds. The highest BCUT2D eigenvalue weighted by molar-refractivity contribution is 14.1. The normalized spacial score (nSPS) is 13.8. The number of aromatic amines is 1. The summed E-state index contributed by atoms with van der Waals surface area (Å²) >= 11 is 2.07. The summed E-state index contributed by atoms with van der Waals surface area (Å²) in [7, 11) is 0. The molecule has 0 aliphatic rings. The van der Waals surface area contributed by atoms with E-state index in [1.165, 1.54) is 0 Å². The van der Waals surface area contributed by atoms with Gasteiger partial charge >= 0.3 is 0 Å². The van der Waals surface area contributed by atoms with Crippen LogP contribution in [-0.4, -0.2) is 16.6 Å². The van der Waals surface area contributed by atoms with Crippen LogP contribution in [0.15, 0.2) is 4.79 Å². The van der Waals surface area contributed by atoms with Crippen LogP contribution in [0.5, 0.6) is 0 Å². The van der Waals surface area contributed by atoms with Gasteiger partial charge in [0.25, 0.3) is 5.56 Å². The van der Waals surface area contributed by atoms with Crippen molar-refractivity contribution in [2.24, 2.45) is 11.3 Å². The Hall–Kier alpha value is -0.430. The Bertz CT molecular complexity index is 504. The second kappa shape index (κ2) is 7.02. The molecule has 1 aromatic rings. The molecule has 0 saturated heterocycles. The minimum Gasteiger partial charge on any atom is -0.370 e. The van der Waals surface area contributed by atoms with Crippen molar-refractivity contribution < 1.29 is 4.74 Å². The van der Waals surface area contributed by atoms with Crippen molar-refractivity contribution in [1.29, 1.82) is 0 Å². The van der Waals surface area contributed by atoms with Crippen molar-refractivity contribution in [3.05, 3.63) is 25.4 Å². The molecule has 0 aromatic carbocycles. The number of hydrogen-bond acceptors (Lipinski definition) is 3. The molecular weight excluding hydrogens is 367 g/mol. The van der Waals surface area contributed by atoms with Gasteiger partial charge in [0, 0.05) is 6.61 Å². The SMILES string of the molecule is CCOC(c1nc(CC(C)C)c(I)c(=O)[nH]1)C(C)(C)C. The standard InChI is InChI=1S/C15H25IN2O2/c1-7-20-12(15(4,5)6)13-17-10(8-9(2)3)11(16)14(19)18-13/h9,12H,7-8H2,1-6H3,(H,17,18,19). The second-order valence-electron chi connectivity index (χ2n) is 6.51. The van der Waals surface area contributed by atoms with E-state index in [4.69, 9.17) is 4.74 Å². The number of rotatable bonds is 5. The van der Waals surface area contributed by atoms with Gasteiger partial charge in [0.05, 0.1) is 9.26 Å². The molecule has 0 saturated carbocycles. The van der Waals surface area contributed by atoms with Gasteiger partial charge in [0.2, 0.25) is 0 Å². The average molecular weight is 392 g/mol. The van der Waals surface area contributed by atoms with E-state index >= 15 is 0 Å². The fraction of sp³-hybridized carbons (Fsp3) is 0.733. The van der Waals surface area contributed by atoms with Gasteiger partial charge in [-0.25, -0.2) is 4.98 Å². The summed E-state index contributed by atoms with van der Waals surface area (Å²) < 4.78 is 6.50. The van der Waals surface area contributed by atoms with Gasteiger partial charge in [-0.1, -0.05) is 34.6 Å². The smallest absolute Gasteiger partial charge is 0.264 e. The van der Waals surface area contributed by atoms with E-state index in [-0.39, 0.29) is 17.1 Å². The molecule has 0 fully saturated rings. The van der Waals surface area contributed by atoms with Crippen LogP contribution < -0.4 is 5.56 Å². The van der Waals surface area contributed by atoms with Crippen LogP contribution in [0.25, 0.3) is 0 Å². The highest BCUT2D eigenvalue weighted by Gasteiger charge is 2.29. The largest absolute Gasteiger partial charge is 0.370 e. The maximum atomic E-state index is 12.1. The van der Waals surface area contributed by atoms with Crippen molar-refractivity contribution in [2.45, 2.75) is 54.1 Å². The summed E-state index contributed by atoms with van der Waals surface area (Å²) in [6, 6.07) is 0. The molecule has 1 unspecified atom stereocenters. The van der Waals surface area contributed by atoms with Gasteiger partial charge in [-0.3, -0.25) is 4.79 Å². The van der Waals surface area contributed by atoms with Gasteiger partial charge in [-0.15, -0.1) is 0 Å². The van der Waals surface area contributed by atoms with Crippen LogP contribution in [0, 0.1) is 14.9 Å². The molecule has 5 heteroatoms. The van der Waals surface area contributed by atoms with Crippen molar-refractivity contribution in [1.82, 2.24) is 9.97 Å². The zero-order chi connectivity index (χ0) is 15.5. The van der Waals surface area contributed by atoms with Crippen molar-refractivity contribution in [2.75, 3.05) is 6.61 Å². The van der Waals surface area contributed by atoms with Crippen LogP contribution in [0.4, 0.5) is 0 Å². The lowest BCUT2D eigenvalue weighted by Crippen LogP contribution is -2.28. The van der Waals surface area contributed by atoms with Crippen LogP contribution in [-0.2, 0) is 11.2 Å². The molecule has 20 heavy (non-hydrogen) atoms. The highest BCUT2D eigenvalue weighted by Crippen LogP contribution is 2.34. The molecule has 0 radical (unpaired) electrons. The highest BCUT2D eigenvalue weighted by atomic mass is 127. The Kier molecular flexibility index (Phi) is 6.19. The van der Waals surface area contributed by atoms with Gasteiger partial charge in [-0.05, 0) is 47.3 Å². The van der Waals surface area contributed by atoms with Gasteiger partial charge < -0.3 is 9.72 Å². The molecule has 0 aliphatic heterocycles. The van der Waals surface area contributed by atoms with Gasteiger partial charge in [-0.2, -0.15) is 0 Å². The fourth-order valence-electron chi connectivity index (χ4n) is 2.08. The zero-order valence-electron chi connectivity index (χ0n) is 13.2. The number of halogens is 1. The third-order valence-electron chi connectivity index (χ3n) is 2.92. The molecule has 1 atom stereocenters. The predicted molar refractivity (Wildman–Crippen MR) is 89.9 cm³/mol. The van der Waals surface area contributed by atoms with E-state index in [1.807, 2.05) is 6.92 Å². The summed E-state index contributed by atoms with van der Waals surface area (Å²) in [5, 5.41) is 0. The summed E-state index contributed by atoms with van der Waals surface area (Å²) in [5.74, 6) is 1.10. The molecule has 1 N–H and O–H groups in total. The number of H-pyrrole nitrogens is 1. The fourth-order valence-corrected chi connectivity index (χ4v) is 2.55. The van der Waals surface area contributed by atoms with Crippen LogP contribution in [0.2, 0.25) is 0 Å². The number of hydrogen-bond donors (Lipinski definition) is 1. The molecule has 0 spiro atoms. The maximum absolute atomic E-state index is 12.1. The van der Waals surface area contributed by atoms with Crippen molar-refractivity contribution >= 4 is 22.6 Å². The van der Waals surface area contributed by atoms with E-state index < -0.39 is 0 Å². The molecule has 1 heterocycles. The Morgan fingerprint density at radius 3 is 2.40 bits per heavy atom. The number of aromatic nitrogens is 2. The third kappa shape index (κ3) is 4.55. The van der Waals surface area contributed by atoms with Crippen molar-refractivity contribution in [3.63, 3.8) is 0 Å². The van der Waals surface area contributed by atoms with Crippen LogP contribution >= 0.6 is 22.6 Å². The quantitative estimate of drug-likeness (QED) is 0.778. The first kappa shape index (κ1) is 17.6. The Balaban J connectivity index is 3.29. The van der Waals surface area contributed by atoms with Crippen LogP contribution in [0.1, 0.15) is 59.2 Å². The molecule has 114 valence electrons. The average Bonchev–Trinajstić information content (AvgIpc) is 2.29. The van der Waals surface area contributed by atoms with Gasteiger partial charge in [0.15, 0.2) is 0 Å². The summed E-state index contributed by atoms with van der Waals surface area (Å²) in [4.78, 5) is 19.7. The lowest BCUT2D eigenvalue weighted by Gasteiger charge is -2.29. The van der Waals surface area contributed by atoms with E-state index in [2.05, 4.69) is 67.2 Å². The summed E-state index contributed by atoms with van der Waals surface area (Å²) in [6.07, 6.45) is 0.598. The first-order valence-corrected chi connectivity index (χ1v) is 8.14. The molecule has 0 aliphatic carbocycles. The van der Waals surface area contributed by atoms with E-state index in [0.717, 1.165) is 12.1 Å². The lowest BCUT2D eigenvalue weighted by molar-refractivity contribution is -0.0194. The van der Waals surface area contributed by atoms with Crippen molar-refractivity contribution in [3.8, 4) is 0 Å². The monoisotopic (exact) mass is 392 g/mol. The van der Waals surface area contributed by atoms with E-state index in [1.54, 1.807) is 0 Å². The number of nitrogens with zero attached hydrogens (tertiary/aromatic N) is 1. The summed E-state index contributed by atoms with van der Waals surface area (Å²) in [6.45, 7) is 13.1. The summed E-state index contributed by atoms with van der Waals surface area (Å²) in [5.41, 5.74) is 0.682. The number of nitrogens with one attached hydrogen (secondary N) is 1. The minimum absolute atomic E-state index is 0.0693.